The molecule has 0 N–H and O–H groups in total. The first-order chi connectivity index (χ1) is 12.8. The van der Waals surface area contributed by atoms with Gasteiger partial charge in [-0.05, 0) is 24.3 Å². The molecule has 1 aliphatic carbocycles. The summed E-state index contributed by atoms with van der Waals surface area (Å²) in [5.41, 5.74) is 4.31. The summed E-state index contributed by atoms with van der Waals surface area (Å²) in [6.45, 7) is 0. The highest BCUT2D eigenvalue weighted by molar-refractivity contribution is 6.19. The predicted molar refractivity (Wildman–Crippen MR) is 95.2 cm³/mol. The molecule has 0 atom stereocenters. The molecule has 0 bridgehead atoms. The molecular formula is C20H11N5O. The summed E-state index contributed by atoms with van der Waals surface area (Å²) in [6.07, 6.45) is 1.72. The van der Waals surface area contributed by atoms with E-state index in [-0.39, 0.29) is 11.5 Å². The Bertz CT molecular complexity index is 1160. The molecule has 1 aliphatic rings. The normalized spacial score (nSPS) is 11.9. The van der Waals surface area contributed by atoms with Crippen molar-refractivity contribution in [1.82, 2.24) is 25.1 Å². The molecule has 0 radical (unpaired) electrons. The van der Waals surface area contributed by atoms with Crippen molar-refractivity contribution in [1.29, 1.82) is 0 Å². The van der Waals surface area contributed by atoms with E-state index in [1.54, 1.807) is 12.3 Å². The van der Waals surface area contributed by atoms with Crippen LogP contribution >= 0.6 is 0 Å². The lowest BCUT2D eigenvalue weighted by Crippen LogP contribution is -2.04. The van der Waals surface area contributed by atoms with Crippen LogP contribution in [-0.4, -0.2) is 30.9 Å². The highest BCUT2D eigenvalue weighted by Gasteiger charge is 2.30. The highest BCUT2D eigenvalue weighted by Crippen LogP contribution is 2.34. The van der Waals surface area contributed by atoms with E-state index in [9.17, 15) is 4.79 Å². The molecule has 0 fully saturated rings. The topological polar surface area (TPSA) is 81.5 Å². The zero-order valence-corrected chi connectivity index (χ0v) is 13.5. The number of nitrogens with zero attached hydrogens (tertiary/aromatic N) is 5. The lowest BCUT2D eigenvalue weighted by atomic mass is 10.1. The summed E-state index contributed by atoms with van der Waals surface area (Å²) >= 11 is 0. The van der Waals surface area contributed by atoms with Gasteiger partial charge in [0.2, 0.25) is 11.6 Å². The Labute approximate surface area is 148 Å². The molecule has 0 unspecified atom stereocenters. The van der Waals surface area contributed by atoms with Gasteiger partial charge in [0.05, 0.1) is 11.4 Å². The fourth-order valence-corrected chi connectivity index (χ4v) is 3.01. The standard InChI is InChI=1S/C20H11N5O/c26-19-13-7-2-1-6-12(13)17-18(19)24-25-20(23-17)16-10-5-9-15(22-16)14-8-3-4-11-21-14/h1-11H. The molecule has 0 saturated carbocycles. The van der Waals surface area contributed by atoms with Gasteiger partial charge in [0.1, 0.15) is 11.4 Å². The van der Waals surface area contributed by atoms with Crippen LogP contribution in [0.4, 0.5) is 0 Å². The van der Waals surface area contributed by atoms with Crippen molar-refractivity contribution in [2.75, 3.05) is 0 Å². The van der Waals surface area contributed by atoms with Crippen molar-refractivity contribution < 1.29 is 4.79 Å². The van der Waals surface area contributed by atoms with Crippen LogP contribution in [0.15, 0.2) is 66.9 Å². The number of hydrogen-bond donors (Lipinski definition) is 0. The third-order valence-electron chi connectivity index (χ3n) is 4.23. The quantitative estimate of drug-likeness (QED) is 0.492. The summed E-state index contributed by atoms with van der Waals surface area (Å²) in [5.74, 6) is 0.239. The molecule has 1 aromatic carbocycles. The number of carbonyl (C=O) groups excluding carboxylic acids is 1. The van der Waals surface area contributed by atoms with Crippen LogP contribution in [-0.2, 0) is 0 Å². The van der Waals surface area contributed by atoms with Crippen LogP contribution in [0.5, 0.6) is 0 Å². The maximum Gasteiger partial charge on any atom is 0.216 e. The van der Waals surface area contributed by atoms with E-state index >= 15 is 0 Å². The van der Waals surface area contributed by atoms with Crippen LogP contribution in [0, 0.1) is 0 Å². The van der Waals surface area contributed by atoms with Gasteiger partial charge >= 0.3 is 0 Å². The number of hydrogen-bond acceptors (Lipinski definition) is 6. The second-order valence-corrected chi connectivity index (χ2v) is 5.83. The minimum atomic E-state index is -0.141. The minimum absolute atomic E-state index is 0.141. The third-order valence-corrected chi connectivity index (χ3v) is 4.23. The van der Waals surface area contributed by atoms with Crippen molar-refractivity contribution in [3.63, 3.8) is 0 Å². The Kier molecular flexibility index (Phi) is 3.15. The SMILES string of the molecule is O=C1c2ccccc2-c2nc(-c3cccc(-c4ccccn4)n3)nnc21. The first-order valence-corrected chi connectivity index (χ1v) is 8.09. The molecule has 3 aromatic heterocycles. The Morgan fingerprint density at radius 2 is 1.38 bits per heavy atom. The highest BCUT2D eigenvalue weighted by atomic mass is 16.1. The van der Waals surface area contributed by atoms with Crippen molar-refractivity contribution in [2.24, 2.45) is 0 Å². The van der Waals surface area contributed by atoms with Crippen LogP contribution in [0.1, 0.15) is 16.1 Å². The molecule has 26 heavy (non-hydrogen) atoms. The van der Waals surface area contributed by atoms with Gasteiger partial charge in [-0.25, -0.2) is 9.97 Å². The average Bonchev–Trinajstić information content (AvgIpc) is 3.01. The number of benzene rings is 1. The van der Waals surface area contributed by atoms with E-state index in [4.69, 9.17) is 0 Å². The summed E-state index contributed by atoms with van der Waals surface area (Å²) in [6, 6.07) is 18.6. The summed E-state index contributed by atoms with van der Waals surface area (Å²) in [7, 11) is 0. The molecule has 6 nitrogen and oxygen atoms in total. The lowest BCUT2D eigenvalue weighted by Gasteiger charge is -2.04. The van der Waals surface area contributed by atoms with Crippen LogP contribution in [0.3, 0.4) is 0 Å². The first-order valence-electron chi connectivity index (χ1n) is 8.09. The number of ketones is 1. The van der Waals surface area contributed by atoms with Gasteiger partial charge in [-0.3, -0.25) is 9.78 Å². The summed E-state index contributed by atoms with van der Waals surface area (Å²) < 4.78 is 0. The van der Waals surface area contributed by atoms with Gasteiger partial charge in [-0.15, -0.1) is 10.2 Å². The van der Waals surface area contributed by atoms with Crippen LogP contribution in [0.25, 0.3) is 34.2 Å². The average molecular weight is 337 g/mol. The Morgan fingerprint density at radius 3 is 2.23 bits per heavy atom. The Morgan fingerprint density at radius 1 is 0.615 bits per heavy atom. The predicted octanol–water partition coefficient (Wildman–Crippen LogP) is 3.21. The maximum atomic E-state index is 12.4. The molecular weight excluding hydrogens is 326 g/mol. The fraction of sp³-hybridized carbons (Fsp3) is 0. The summed E-state index contributed by atoms with van der Waals surface area (Å²) in [5, 5.41) is 8.24. The van der Waals surface area contributed by atoms with Gasteiger partial charge < -0.3 is 0 Å². The molecule has 6 heteroatoms. The molecule has 0 spiro atoms. The number of carbonyl (C=O) groups is 1. The zero-order valence-electron chi connectivity index (χ0n) is 13.5. The van der Waals surface area contributed by atoms with Gasteiger partial charge in [0.15, 0.2) is 5.69 Å². The monoisotopic (exact) mass is 337 g/mol. The largest absolute Gasteiger partial charge is 0.287 e. The third kappa shape index (κ3) is 2.20. The molecule has 0 amide bonds. The maximum absolute atomic E-state index is 12.4. The van der Waals surface area contributed by atoms with Crippen molar-refractivity contribution >= 4 is 5.78 Å². The molecule has 5 rings (SSSR count). The van der Waals surface area contributed by atoms with Gasteiger partial charge in [0, 0.05) is 17.3 Å². The molecule has 4 aromatic rings. The molecule has 0 saturated heterocycles. The second-order valence-electron chi connectivity index (χ2n) is 5.83. The Hall–Kier alpha value is -3.80. The van der Waals surface area contributed by atoms with E-state index in [2.05, 4.69) is 25.1 Å². The first kappa shape index (κ1) is 14.5. The Balaban J connectivity index is 1.63. The lowest BCUT2D eigenvalue weighted by molar-refractivity contribution is 0.103. The van der Waals surface area contributed by atoms with Gasteiger partial charge in [-0.2, -0.15) is 0 Å². The summed E-state index contributed by atoms with van der Waals surface area (Å²) in [4.78, 5) is 25.9. The minimum Gasteiger partial charge on any atom is -0.287 e. The van der Waals surface area contributed by atoms with E-state index in [0.717, 1.165) is 17.0 Å². The van der Waals surface area contributed by atoms with Crippen molar-refractivity contribution in [3.05, 3.63) is 78.1 Å². The van der Waals surface area contributed by atoms with Crippen molar-refractivity contribution in [3.8, 4) is 34.2 Å². The van der Waals surface area contributed by atoms with E-state index < -0.39 is 0 Å². The van der Waals surface area contributed by atoms with Gasteiger partial charge in [0.25, 0.3) is 0 Å². The van der Waals surface area contributed by atoms with E-state index in [0.29, 0.717) is 22.8 Å². The second kappa shape index (κ2) is 5.63. The molecule has 122 valence electrons. The van der Waals surface area contributed by atoms with Crippen LogP contribution < -0.4 is 0 Å². The van der Waals surface area contributed by atoms with Gasteiger partial charge in [-0.1, -0.05) is 36.4 Å². The number of fused-ring (bicyclic) bond motifs is 3. The zero-order chi connectivity index (χ0) is 17.5. The fourth-order valence-electron chi connectivity index (χ4n) is 3.01. The van der Waals surface area contributed by atoms with E-state index in [1.807, 2.05) is 54.6 Å². The van der Waals surface area contributed by atoms with Crippen LogP contribution in [0.2, 0.25) is 0 Å². The van der Waals surface area contributed by atoms with Crippen molar-refractivity contribution in [2.45, 2.75) is 0 Å². The smallest absolute Gasteiger partial charge is 0.216 e. The number of pyridine rings is 2. The number of rotatable bonds is 2. The molecule has 0 aliphatic heterocycles. The number of aromatic nitrogens is 5. The van der Waals surface area contributed by atoms with E-state index in [1.165, 1.54) is 0 Å². The molecule has 3 heterocycles.